The number of benzene rings is 1. The van der Waals surface area contributed by atoms with Crippen LogP contribution in [0.5, 0.6) is 0 Å². The second kappa shape index (κ2) is 5.50. The summed E-state index contributed by atoms with van der Waals surface area (Å²) in [7, 11) is 0. The van der Waals surface area contributed by atoms with E-state index in [0.29, 0.717) is 18.4 Å². The van der Waals surface area contributed by atoms with E-state index >= 15 is 0 Å². The Balaban J connectivity index is 1.77. The van der Waals surface area contributed by atoms with Crippen molar-refractivity contribution >= 4 is 10.8 Å². The molecule has 0 radical (unpaired) electrons. The quantitative estimate of drug-likeness (QED) is 0.840. The van der Waals surface area contributed by atoms with Gasteiger partial charge in [-0.3, -0.25) is 4.79 Å². The lowest BCUT2D eigenvalue weighted by Gasteiger charge is -2.23. The molecule has 19 heavy (non-hydrogen) atoms. The van der Waals surface area contributed by atoms with Crippen molar-refractivity contribution in [3.05, 3.63) is 40.8 Å². The van der Waals surface area contributed by atoms with Gasteiger partial charge in [-0.15, -0.1) is 0 Å². The molecule has 0 atom stereocenters. The Morgan fingerprint density at radius 1 is 1.26 bits per heavy atom. The third-order valence-electron chi connectivity index (χ3n) is 3.23. The summed E-state index contributed by atoms with van der Waals surface area (Å²) in [6.45, 7) is 1.96. The molecule has 1 saturated heterocycles. The van der Waals surface area contributed by atoms with Crippen molar-refractivity contribution in [2.45, 2.75) is 25.7 Å². The Morgan fingerprint density at radius 2 is 2.05 bits per heavy atom. The molecule has 0 aliphatic carbocycles. The van der Waals surface area contributed by atoms with E-state index in [-0.39, 0.29) is 11.8 Å². The zero-order valence-electron chi connectivity index (χ0n) is 10.6. The molecular formula is C14H16N2O3. The average Bonchev–Trinajstić information content (AvgIpc) is 2.48. The van der Waals surface area contributed by atoms with Gasteiger partial charge in [-0.25, -0.2) is 4.68 Å². The maximum absolute atomic E-state index is 12.2. The monoisotopic (exact) mass is 260 g/mol. The molecule has 5 nitrogen and oxygen atoms in total. The van der Waals surface area contributed by atoms with Crippen molar-refractivity contribution in [3.8, 4) is 0 Å². The summed E-state index contributed by atoms with van der Waals surface area (Å²) < 4.78 is 12.4. The van der Waals surface area contributed by atoms with Crippen LogP contribution in [0.1, 0.15) is 12.8 Å². The molecule has 5 heteroatoms. The molecule has 0 unspecified atom stereocenters. The van der Waals surface area contributed by atoms with E-state index in [2.05, 4.69) is 5.10 Å². The van der Waals surface area contributed by atoms with Gasteiger partial charge >= 0.3 is 0 Å². The van der Waals surface area contributed by atoms with Gasteiger partial charge in [0.25, 0.3) is 5.56 Å². The molecule has 100 valence electrons. The summed E-state index contributed by atoms with van der Waals surface area (Å²) in [4.78, 5) is 12.2. The van der Waals surface area contributed by atoms with Crippen LogP contribution in [0.2, 0.25) is 0 Å². The number of hydrogen-bond donors (Lipinski definition) is 0. The molecule has 0 amide bonds. The van der Waals surface area contributed by atoms with E-state index in [0.717, 1.165) is 25.0 Å². The van der Waals surface area contributed by atoms with Gasteiger partial charge in [0.05, 0.1) is 24.8 Å². The van der Waals surface area contributed by atoms with Crippen molar-refractivity contribution in [2.24, 2.45) is 0 Å². The highest BCUT2D eigenvalue weighted by Crippen LogP contribution is 2.10. The molecule has 0 N–H and O–H groups in total. The molecule has 2 heterocycles. The minimum absolute atomic E-state index is 0.0612. The first-order valence-corrected chi connectivity index (χ1v) is 6.53. The standard InChI is InChI=1S/C14H16N2O3/c17-14-12-5-2-1-4-11(12)10-15-16(14)7-6-13-18-8-3-9-19-13/h1-2,4-5,10,13H,3,6-9H2. The van der Waals surface area contributed by atoms with E-state index in [1.165, 1.54) is 4.68 Å². The molecule has 1 aromatic carbocycles. The molecule has 1 aliphatic rings. The van der Waals surface area contributed by atoms with Crippen LogP contribution in [0.25, 0.3) is 10.8 Å². The summed E-state index contributed by atoms with van der Waals surface area (Å²) in [6.07, 6.45) is 3.09. The topological polar surface area (TPSA) is 53.4 Å². The third-order valence-corrected chi connectivity index (χ3v) is 3.23. The zero-order valence-corrected chi connectivity index (χ0v) is 10.6. The molecule has 0 bridgehead atoms. The van der Waals surface area contributed by atoms with Gasteiger partial charge in [0.15, 0.2) is 6.29 Å². The first-order valence-electron chi connectivity index (χ1n) is 6.53. The second-order valence-electron chi connectivity index (χ2n) is 4.57. The molecule has 0 spiro atoms. The van der Waals surface area contributed by atoms with Crippen molar-refractivity contribution in [1.29, 1.82) is 0 Å². The molecule has 3 rings (SSSR count). The van der Waals surface area contributed by atoms with E-state index < -0.39 is 0 Å². The lowest BCUT2D eigenvalue weighted by molar-refractivity contribution is -0.182. The Morgan fingerprint density at radius 3 is 2.89 bits per heavy atom. The highest BCUT2D eigenvalue weighted by Gasteiger charge is 2.14. The van der Waals surface area contributed by atoms with E-state index in [1.54, 1.807) is 6.20 Å². The number of nitrogens with zero attached hydrogens (tertiary/aromatic N) is 2. The third kappa shape index (κ3) is 2.67. The van der Waals surface area contributed by atoms with Gasteiger partial charge in [0, 0.05) is 18.4 Å². The lowest BCUT2D eigenvalue weighted by Crippen LogP contribution is -2.29. The number of rotatable bonds is 3. The van der Waals surface area contributed by atoms with Crippen LogP contribution in [0.4, 0.5) is 0 Å². The smallest absolute Gasteiger partial charge is 0.274 e. The Hall–Kier alpha value is -1.72. The van der Waals surface area contributed by atoms with Crippen LogP contribution in [-0.4, -0.2) is 29.3 Å². The number of aryl methyl sites for hydroxylation is 1. The van der Waals surface area contributed by atoms with Gasteiger partial charge in [-0.05, 0) is 12.5 Å². The summed E-state index contributed by atoms with van der Waals surface area (Å²) >= 11 is 0. The van der Waals surface area contributed by atoms with Gasteiger partial charge in [0.2, 0.25) is 0 Å². The van der Waals surface area contributed by atoms with Gasteiger partial charge < -0.3 is 9.47 Å². The number of ether oxygens (including phenoxy) is 2. The van der Waals surface area contributed by atoms with Crippen LogP contribution < -0.4 is 5.56 Å². The van der Waals surface area contributed by atoms with Crippen LogP contribution in [-0.2, 0) is 16.0 Å². The fourth-order valence-corrected chi connectivity index (χ4v) is 2.22. The molecule has 1 aliphatic heterocycles. The lowest BCUT2D eigenvalue weighted by atomic mass is 10.2. The second-order valence-corrected chi connectivity index (χ2v) is 4.57. The van der Waals surface area contributed by atoms with Crippen molar-refractivity contribution in [2.75, 3.05) is 13.2 Å². The van der Waals surface area contributed by atoms with Crippen molar-refractivity contribution < 1.29 is 9.47 Å². The summed E-state index contributed by atoms with van der Waals surface area (Å²) in [6, 6.07) is 7.48. The summed E-state index contributed by atoms with van der Waals surface area (Å²) in [5.41, 5.74) is -0.0612. The Bertz CT molecular complexity index is 617. The van der Waals surface area contributed by atoms with E-state index in [9.17, 15) is 4.79 Å². The molecule has 1 aromatic heterocycles. The number of fused-ring (bicyclic) bond motifs is 1. The predicted molar refractivity (Wildman–Crippen MR) is 70.9 cm³/mol. The van der Waals surface area contributed by atoms with Crippen LogP contribution in [0.15, 0.2) is 35.3 Å². The average molecular weight is 260 g/mol. The number of aromatic nitrogens is 2. The van der Waals surface area contributed by atoms with Gasteiger partial charge in [-0.1, -0.05) is 18.2 Å². The maximum atomic E-state index is 12.2. The minimum atomic E-state index is -0.214. The first kappa shape index (κ1) is 12.3. The number of hydrogen-bond acceptors (Lipinski definition) is 4. The molecule has 0 saturated carbocycles. The van der Waals surface area contributed by atoms with Crippen molar-refractivity contribution in [3.63, 3.8) is 0 Å². The molecular weight excluding hydrogens is 244 g/mol. The van der Waals surface area contributed by atoms with Crippen LogP contribution in [0.3, 0.4) is 0 Å². The van der Waals surface area contributed by atoms with Gasteiger partial charge in [-0.2, -0.15) is 5.10 Å². The van der Waals surface area contributed by atoms with Crippen LogP contribution >= 0.6 is 0 Å². The highest BCUT2D eigenvalue weighted by atomic mass is 16.7. The largest absolute Gasteiger partial charge is 0.353 e. The highest BCUT2D eigenvalue weighted by molar-refractivity contribution is 5.80. The van der Waals surface area contributed by atoms with Crippen LogP contribution in [0, 0.1) is 0 Å². The normalized spacial score (nSPS) is 16.8. The van der Waals surface area contributed by atoms with E-state index in [1.807, 2.05) is 24.3 Å². The molecule has 2 aromatic rings. The summed E-state index contributed by atoms with van der Waals surface area (Å²) in [5, 5.41) is 5.75. The Labute approximate surface area is 110 Å². The fourth-order valence-electron chi connectivity index (χ4n) is 2.22. The van der Waals surface area contributed by atoms with E-state index in [4.69, 9.17) is 9.47 Å². The maximum Gasteiger partial charge on any atom is 0.274 e. The fraction of sp³-hybridized carbons (Fsp3) is 0.429. The predicted octanol–water partition coefficient (Wildman–Crippen LogP) is 1.55. The first-order chi connectivity index (χ1) is 9.34. The summed E-state index contributed by atoms with van der Waals surface area (Å²) in [5.74, 6) is 0. The van der Waals surface area contributed by atoms with Gasteiger partial charge in [0.1, 0.15) is 0 Å². The molecule has 1 fully saturated rings. The van der Waals surface area contributed by atoms with Crippen molar-refractivity contribution in [1.82, 2.24) is 9.78 Å². The zero-order chi connectivity index (χ0) is 13.1. The SMILES string of the molecule is O=c1c2ccccc2cnn1CCC1OCCCO1. The Kier molecular flexibility index (Phi) is 3.57. The minimum Gasteiger partial charge on any atom is -0.353 e.